The van der Waals surface area contributed by atoms with Crippen molar-refractivity contribution in [1.29, 1.82) is 0 Å². The Morgan fingerprint density at radius 1 is 1.43 bits per heavy atom. The zero-order chi connectivity index (χ0) is 15.4. The molecule has 0 bridgehead atoms. The Hall–Kier alpha value is -2.08. The first kappa shape index (κ1) is 15.3. The van der Waals surface area contributed by atoms with Gasteiger partial charge in [0.25, 0.3) is 0 Å². The van der Waals surface area contributed by atoms with Crippen LogP contribution in [0.5, 0.6) is 5.75 Å². The van der Waals surface area contributed by atoms with Gasteiger partial charge in [0.2, 0.25) is 0 Å². The molecule has 3 N–H and O–H groups in total. The van der Waals surface area contributed by atoms with Gasteiger partial charge in [-0.05, 0) is 38.1 Å². The quantitative estimate of drug-likeness (QED) is 0.627. The van der Waals surface area contributed by atoms with E-state index in [1.165, 1.54) is 11.8 Å². The van der Waals surface area contributed by atoms with Crippen LogP contribution in [0.4, 0.5) is 5.69 Å². The number of nitrogens with two attached hydrogens (primary N) is 1. The molecule has 1 heterocycles. The summed E-state index contributed by atoms with van der Waals surface area (Å²) in [7, 11) is 0. The highest BCUT2D eigenvalue weighted by atomic mass is 32.2. The maximum absolute atomic E-state index is 11.0. The van der Waals surface area contributed by atoms with E-state index in [1.54, 1.807) is 19.1 Å². The van der Waals surface area contributed by atoms with E-state index in [1.807, 2.05) is 19.1 Å². The smallest absolute Gasteiger partial charge is 0.339 e. The van der Waals surface area contributed by atoms with Crippen molar-refractivity contribution in [3.05, 3.63) is 41.3 Å². The maximum Gasteiger partial charge on any atom is 0.339 e. The van der Waals surface area contributed by atoms with E-state index < -0.39 is 5.97 Å². The van der Waals surface area contributed by atoms with Crippen molar-refractivity contribution in [1.82, 2.24) is 0 Å². The zero-order valence-corrected chi connectivity index (χ0v) is 12.7. The van der Waals surface area contributed by atoms with Crippen LogP contribution >= 0.6 is 11.8 Å². The van der Waals surface area contributed by atoms with Crippen molar-refractivity contribution in [3.63, 3.8) is 0 Å². The van der Waals surface area contributed by atoms with Crippen molar-refractivity contribution in [2.75, 3.05) is 12.3 Å². The molecule has 5 nitrogen and oxygen atoms in total. The monoisotopic (exact) mass is 307 g/mol. The minimum Gasteiger partial charge on any atom is -0.494 e. The fourth-order valence-electron chi connectivity index (χ4n) is 1.87. The molecule has 0 saturated heterocycles. The second kappa shape index (κ2) is 6.58. The van der Waals surface area contributed by atoms with Gasteiger partial charge in [-0.1, -0.05) is 0 Å². The van der Waals surface area contributed by atoms with Crippen LogP contribution in [-0.4, -0.2) is 17.7 Å². The van der Waals surface area contributed by atoms with Crippen molar-refractivity contribution in [2.45, 2.75) is 24.5 Å². The Bertz CT molecular complexity index is 651. The molecule has 21 heavy (non-hydrogen) atoms. The molecule has 0 aliphatic carbocycles. The van der Waals surface area contributed by atoms with Crippen LogP contribution in [0.25, 0.3) is 0 Å². The number of furan rings is 1. The largest absolute Gasteiger partial charge is 0.494 e. The highest BCUT2D eigenvalue weighted by Crippen LogP contribution is 2.32. The Labute approximate surface area is 127 Å². The predicted molar refractivity (Wildman–Crippen MR) is 82.0 cm³/mol. The number of benzene rings is 1. The molecule has 0 amide bonds. The van der Waals surface area contributed by atoms with Gasteiger partial charge in [-0.25, -0.2) is 4.79 Å². The number of ether oxygens (including phenoxy) is 1. The van der Waals surface area contributed by atoms with Gasteiger partial charge in [-0.2, -0.15) is 0 Å². The molecule has 1 aromatic carbocycles. The normalized spacial score (nSPS) is 10.6. The number of carboxylic acid groups (broad SMARTS) is 1. The van der Waals surface area contributed by atoms with E-state index in [9.17, 15) is 4.79 Å². The summed E-state index contributed by atoms with van der Waals surface area (Å²) < 4.78 is 10.9. The van der Waals surface area contributed by atoms with E-state index in [4.69, 9.17) is 20.0 Å². The Morgan fingerprint density at radius 2 is 2.19 bits per heavy atom. The fourth-order valence-corrected chi connectivity index (χ4v) is 2.75. The van der Waals surface area contributed by atoms with Crippen LogP contribution in [0.3, 0.4) is 0 Å². The molecule has 0 radical (unpaired) electrons. The Morgan fingerprint density at radius 3 is 2.81 bits per heavy atom. The number of thioether (sulfide) groups is 1. The third kappa shape index (κ3) is 3.72. The molecule has 2 rings (SSSR count). The van der Waals surface area contributed by atoms with Gasteiger partial charge in [0.1, 0.15) is 22.8 Å². The molecule has 0 spiro atoms. The summed E-state index contributed by atoms with van der Waals surface area (Å²) in [4.78, 5) is 11.9. The van der Waals surface area contributed by atoms with Crippen LogP contribution in [0.2, 0.25) is 0 Å². The predicted octanol–water partition coefficient (Wildman–Crippen LogP) is 3.56. The molecule has 0 fully saturated rings. The minimum atomic E-state index is -0.981. The second-order valence-corrected chi connectivity index (χ2v) is 5.43. The molecule has 112 valence electrons. The highest BCUT2D eigenvalue weighted by molar-refractivity contribution is 7.98. The van der Waals surface area contributed by atoms with E-state index >= 15 is 0 Å². The molecule has 6 heteroatoms. The van der Waals surface area contributed by atoms with E-state index in [0.717, 1.165) is 10.6 Å². The topological polar surface area (TPSA) is 85.7 Å². The number of aryl methyl sites for hydroxylation is 1. The lowest BCUT2D eigenvalue weighted by molar-refractivity contribution is 0.0695. The molecule has 0 unspecified atom stereocenters. The van der Waals surface area contributed by atoms with Gasteiger partial charge in [0, 0.05) is 10.6 Å². The molecule has 1 aromatic heterocycles. The van der Waals surface area contributed by atoms with Gasteiger partial charge in [-0.3, -0.25) is 0 Å². The molecular formula is C15H17NO4S. The fraction of sp³-hybridized carbons (Fsp3) is 0.267. The van der Waals surface area contributed by atoms with Crippen LogP contribution in [-0.2, 0) is 5.75 Å². The van der Waals surface area contributed by atoms with E-state index in [0.29, 0.717) is 29.6 Å². The number of nitrogen functional groups attached to an aromatic ring is 1. The van der Waals surface area contributed by atoms with E-state index in [-0.39, 0.29) is 5.56 Å². The summed E-state index contributed by atoms with van der Waals surface area (Å²) in [5.41, 5.74) is 6.79. The molecule has 0 saturated carbocycles. The number of rotatable bonds is 6. The van der Waals surface area contributed by atoms with Crippen LogP contribution in [0.15, 0.2) is 33.6 Å². The summed E-state index contributed by atoms with van der Waals surface area (Å²) in [5, 5.41) is 9.00. The van der Waals surface area contributed by atoms with Gasteiger partial charge in [-0.15, -0.1) is 11.8 Å². The van der Waals surface area contributed by atoms with Crippen molar-refractivity contribution >= 4 is 23.4 Å². The molecular weight excluding hydrogens is 290 g/mol. The van der Waals surface area contributed by atoms with Crippen molar-refractivity contribution in [3.8, 4) is 5.75 Å². The SMILES string of the molecule is CCOc1ccc(N)c(SCc2cc(C(=O)O)c(C)o2)c1. The first-order valence-corrected chi connectivity index (χ1v) is 7.47. The summed E-state index contributed by atoms with van der Waals surface area (Å²) in [6, 6.07) is 7.04. The van der Waals surface area contributed by atoms with Crippen LogP contribution in [0.1, 0.15) is 28.8 Å². The standard InChI is InChI=1S/C15H17NO4S/c1-3-19-10-4-5-13(16)14(7-10)21-8-11-6-12(15(17)18)9(2)20-11/h4-7H,3,8,16H2,1-2H3,(H,17,18). The number of carboxylic acids is 1. The molecule has 0 aliphatic rings. The summed E-state index contributed by atoms with van der Waals surface area (Å²) in [5.74, 6) is 1.31. The lowest BCUT2D eigenvalue weighted by Crippen LogP contribution is -1.95. The summed E-state index contributed by atoms with van der Waals surface area (Å²) >= 11 is 1.48. The number of hydrogen-bond acceptors (Lipinski definition) is 5. The number of anilines is 1. The van der Waals surface area contributed by atoms with Crippen molar-refractivity contribution < 1.29 is 19.1 Å². The average Bonchev–Trinajstić information content (AvgIpc) is 2.81. The maximum atomic E-state index is 11.0. The van der Waals surface area contributed by atoms with Gasteiger partial charge >= 0.3 is 5.97 Å². The zero-order valence-electron chi connectivity index (χ0n) is 11.9. The minimum absolute atomic E-state index is 0.196. The number of aromatic carboxylic acids is 1. The van der Waals surface area contributed by atoms with Crippen molar-refractivity contribution in [2.24, 2.45) is 0 Å². The molecule has 0 aliphatic heterocycles. The number of carbonyl (C=O) groups is 1. The van der Waals surface area contributed by atoms with E-state index in [2.05, 4.69) is 0 Å². The third-order valence-electron chi connectivity index (χ3n) is 2.87. The average molecular weight is 307 g/mol. The Kier molecular flexibility index (Phi) is 4.80. The summed E-state index contributed by atoms with van der Waals surface area (Å²) in [6.45, 7) is 4.15. The van der Waals surface area contributed by atoms with Gasteiger partial charge < -0.3 is 20.0 Å². The molecule has 0 atom stereocenters. The first-order chi connectivity index (χ1) is 10.0. The van der Waals surface area contributed by atoms with Crippen LogP contribution < -0.4 is 10.5 Å². The summed E-state index contributed by atoms with van der Waals surface area (Å²) in [6.07, 6.45) is 0. The van der Waals surface area contributed by atoms with Gasteiger partial charge in [0.05, 0.1) is 12.4 Å². The highest BCUT2D eigenvalue weighted by Gasteiger charge is 2.14. The third-order valence-corrected chi connectivity index (χ3v) is 3.96. The lowest BCUT2D eigenvalue weighted by atomic mass is 10.2. The second-order valence-electron chi connectivity index (χ2n) is 4.41. The number of hydrogen-bond donors (Lipinski definition) is 2. The van der Waals surface area contributed by atoms with Gasteiger partial charge in [0.15, 0.2) is 0 Å². The first-order valence-electron chi connectivity index (χ1n) is 6.49. The molecule has 2 aromatic rings. The Balaban J connectivity index is 2.10. The lowest BCUT2D eigenvalue weighted by Gasteiger charge is -2.08. The van der Waals surface area contributed by atoms with Crippen LogP contribution in [0, 0.1) is 6.92 Å².